The third kappa shape index (κ3) is 3.01. The topological polar surface area (TPSA) is 21.1 Å². The van der Waals surface area contributed by atoms with E-state index in [1.165, 1.54) is 11.1 Å². The van der Waals surface area contributed by atoms with Gasteiger partial charge in [0.1, 0.15) is 0 Å². The lowest BCUT2D eigenvalue weighted by Gasteiger charge is -2.14. The van der Waals surface area contributed by atoms with E-state index in [0.29, 0.717) is 0 Å². The van der Waals surface area contributed by atoms with Gasteiger partial charge in [-0.15, -0.1) is 0 Å². The lowest BCUT2D eigenvalue weighted by molar-refractivity contribution is 0.361. The second kappa shape index (κ2) is 5.56. The molecule has 0 aliphatic rings. The molecule has 0 saturated carbocycles. The van der Waals surface area contributed by atoms with Gasteiger partial charge in [0.15, 0.2) is 0 Å². The van der Waals surface area contributed by atoms with Crippen molar-refractivity contribution in [1.82, 2.24) is 14.5 Å². The summed E-state index contributed by atoms with van der Waals surface area (Å²) in [5.74, 6) is 0.912. The Bertz CT molecular complexity index is 492. The van der Waals surface area contributed by atoms with Crippen molar-refractivity contribution in [3.63, 3.8) is 0 Å². The predicted molar refractivity (Wildman–Crippen MR) is 75.8 cm³/mol. The molecule has 4 heteroatoms. The van der Waals surface area contributed by atoms with Gasteiger partial charge in [0.05, 0.1) is 17.4 Å². The number of aromatic nitrogens is 2. The number of hydrogen-bond donors (Lipinski definition) is 1. The van der Waals surface area contributed by atoms with Gasteiger partial charge in [0.25, 0.3) is 0 Å². The predicted octanol–water partition coefficient (Wildman–Crippen LogP) is 1.98. The molecule has 3 nitrogen and oxygen atoms in total. The summed E-state index contributed by atoms with van der Waals surface area (Å²) < 4.78 is 2.05. The zero-order valence-corrected chi connectivity index (χ0v) is 11.3. The number of nitrogens with zero attached hydrogens (tertiary/aromatic N) is 3. The summed E-state index contributed by atoms with van der Waals surface area (Å²) in [4.78, 5) is 6.68. The van der Waals surface area contributed by atoms with E-state index in [1.54, 1.807) is 0 Å². The summed E-state index contributed by atoms with van der Waals surface area (Å²) in [5, 5.41) is 0. The van der Waals surface area contributed by atoms with Gasteiger partial charge in [0, 0.05) is 25.9 Å². The van der Waals surface area contributed by atoms with Crippen molar-refractivity contribution < 1.29 is 0 Å². The monoisotopic (exact) mass is 249 g/mol. The Hall–Kier alpha value is -1.00. The molecule has 92 valence electrons. The Labute approximate surface area is 108 Å². The van der Waals surface area contributed by atoms with Crippen molar-refractivity contribution in [3.05, 3.63) is 30.1 Å². The highest BCUT2D eigenvalue weighted by molar-refractivity contribution is 7.80. The van der Waals surface area contributed by atoms with E-state index in [0.717, 1.165) is 30.8 Å². The van der Waals surface area contributed by atoms with Crippen molar-refractivity contribution in [2.45, 2.75) is 6.42 Å². The number of aryl methyl sites for hydroxylation is 1. The van der Waals surface area contributed by atoms with E-state index in [9.17, 15) is 0 Å². The Morgan fingerprint density at radius 1 is 1.35 bits per heavy atom. The fourth-order valence-corrected chi connectivity index (χ4v) is 2.28. The van der Waals surface area contributed by atoms with Gasteiger partial charge in [-0.1, -0.05) is 6.07 Å². The van der Waals surface area contributed by atoms with Gasteiger partial charge in [-0.25, -0.2) is 4.98 Å². The van der Waals surface area contributed by atoms with Gasteiger partial charge in [-0.05, 0) is 31.2 Å². The molecule has 0 unspecified atom stereocenters. The minimum absolute atomic E-state index is 0.912. The smallest absolute Gasteiger partial charge is 0.0955 e. The van der Waals surface area contributed by atoms with Crippen LogP contribution in [0.3, 0.4) is 0 Å². The molecule has 0 atom stereocenters. The normalized spacial score (nSPS) is 11.5. The average Bonchev–Trinajstić information content (AvgIpc) is 2.69. The van der Waals surface area contributed by atoms with Gasteiger partial charge < -0.3 is 9.47 Å². The van der Waals surface area contributed by atoms with Crippen LogP contribution in [0.2, 0.25) is 0 Å². The highest BCUT2D eigenvalue weighted by Crippen LogP contribution is 2.14. The molecule has 0 N–H and O–H groups in total. The van der Waals surface area contributed by atoms with Crippen LogP contribution in [0.15, 0.2) is 24.5 Å². The maximum absolute atomic E-state index is 4.38. The van der Waals surface area contributed by atoms with Crippen LogP contribution in [0.25, 0.3) is 11.0 Å². The summed E-state index contributed by atoms with van der Waals surface area (Å²) in [6.07, 6.45) is 2.93. The van der Waals surface area contributed by atoms with Gasteiger partial charge in [0.2, 0.25) is 0 Å². The Morgan fingerprint density at radius 3 is 2.94 bits per heavy atom. The number of hydrogen-bond acceptors (Lipinski definition) is 3. The summed E-state index contributed by atoms with van der Waals surface area (Å²) >= 11 is 4.24. The maximum Gasteiger partial charge on any atom is 0.0955 e. The summed E-state index contributed by atoms with van der Waals surface area (Å²) in [6, 6.07) is 6.53. The summed E-state index contributed by atoms with van der Waals surface area (Å²) in [6.45, 7) is 2.11. The molecule has 1 aromatic heterocycles. The third-order valence-electron chi connectivity index (χ3n) is 3.05. The Balaban J connectivity index is 2.04. The van der Waals surface area contributed by atoms with E-state index < -0.39 is 0 Å². The molecule has 0 bridgehead atoms. The van der Waals surface area contributed by atoms with Crippen LogP contribution in [-0.2, 0) is 13.5 Å². The van der Waals surface area contributed by atoms with E-state index in [1.807, 2.05) is 17.9 Å². The first-order valence-corrected chi connectivity index (χ1v) is 6.53. The maximum atomic E-state index is 4.38. The molecule has 0 spiro atoms. The number of thiol groups is 1. The molecule has 0 aliphatic carbocycles. The Kier molecular flexibility index (Phi) is 4.07. The van der Waals surface area contributed by atoms with E-state index >= 15 is 0 Å². The van der Waals surface area contributed by atoms with Crippen LogP contribution in [0, 0.1) is 0 Å². The molecule has 2 rings (SSSR count). The molecule has 2 aromatic rings. The Morgan fingerprint density at radius 2 is 2.18 bits per heavy atom. The standard InChI is InChI=1S/C13H19N3S/c1-15(7-8-17)6-5-11-3-4-13-12(9-11)14-10-16(13)2/h3-4,9-10,17H,5-8H2,1-2H3. The van der Waals surface area contributed by atoms with Crippen molar-refractivity contribution >= 4 is 23.7 Å². The number of benzene rings is 1. The van der Waals surface area contributed by atoms with E-state index in [2.05, 4.69) is 47.8 Å². The van der Waals surface area contributed by atoms with Crippen LogP contribution in [0.5, 0.6) is 0 Å². The zero-order chi connectivity index (χ0) is 12.3. The number of likely N-dealkylation sites (N-methyl/N-ethyl adjacent to an activating group) is 1. The molecular formula is C13H19N3S. The lowest BCUT2D eigenvalue weighted by atomic mass is 10.1. The minimum Gasteiger partial charge on any atom is -0.334 e. The van der Waals surface area contributed by atoms with Gasteiger partial charge >= 0.3 is 0 Å². The fourth-order valence-electron chi connectivity index (χ4n) is 1.94. The number of rotatable bonds is 5. The molecule has 17 heavy (non-hydrogen) atoms. The molecule has 0 radical (unpaired) electrons. The number of imidazole rings is 1. The second-order valence-corrected chi connectivity index (χ2v) is 4.90. The molecular weight excluding hydrogens is 230 g/mol. The van der Waals surface area contributed by atoms with Crippen LogP contribution >= 0.6 is 12.6 Å². The molecule has 0 amide bonds. The average molecular weight is 249 g/mol. The van der Waals surface area contributed by atoms with Crippen LogP contribution in [0.4, 0.5) is 0 Å². The van der Waals surface area contributed by atoms with Crippen molar-refractivity contribution in [3.8, 4) is 0 Å². The quantitative estimate of drug-likeness (QED) is 0.818. The van der Waals surface area contributed by atoms with Crippen LogP contribution < -0.4 is 0 Å². The van der Waals surface area contributed by atoms with Crippen LogP contribution in [-0.4, -0.2) is 40.3 Å². The minimum atomic E-state index is 0.912. The first-order chi connectivity index (χ1) is 8.20. The third-order valence-corrected chi connectivity index (χ3v) is 3.25. The number of fused-ring (bicyclic) bond motifs is 1. The zero-order valence-electron chi connectivity index (χ0n) is 10.4. The molecule has 0 saturated heterocycles. The van der Waals surface area contributed by atoms with Crippen LogP contribution in [0.1, 0.15) is 5.56 Å². The first kappa shape index (κ1) is 12.5. The first-order valence-electron chi connectivity index (χ1n) is 5.90. The van der Waals surface area contributed by atoms with Gasteiger partial charge in [-0.2, -0.15) is 12.6 Å². The highest BCUT2D eigenvalue weighted by atomic mass is 32.1. The van der Waals surface area contributed by atoms with Crippen molar-refractivity contribution in [2.75, 3.05) is 25.9 Å². The molecule has 0 fully saturated rings. The summed E-state index contributed by atoms with van der Waals surface area (Å²) in [7, 11) is 4.16. The molecule has 0 aliphatic heterocycles. The molecule has 1 aromatic carbocycles. The van der Waals surface area contributed by atoms with Crippen molar-refractivity contribution in [2.24, 2.45) is 7.05 Å². The SMILES string of the molecule is CN(CCS)CCc1ccc2c(c1)ncn2C. The highest BCUT2D eigenvalue weighted by Gasteiger charge is 2.02. The molecule has 1 heterocycles. The van der Waals surface area contributed by atoms with E-state index in [-0.39, 0.29) is 0 Å². The van der Waals surface area contributed by atoms with Crippen molar-refractivity contribution in [1.29, 1.82) is 0 Å². The largest absolute Gasteiger partial charge is 0.334 e. The fraction of sp³-hybridized carbons (Fsp3) is 0.462. The lowest BCUT2D eigenvalue weighted by Crippen LogP contribution is -2.23. The van der Waals surface area contributed by atoms with E-state index in [4.69, 9.17) is 0 Å². The second-order valence-electron chi connectivity index (χ2n) is 4.46. The van der Waals surface area contributed by atoms with Gasteiger partial charge in [-0.3, -0.25) is 0 Å². The summed E-state index contributed by atoms with van der Waals surface area (Å²) in [5.41, 5.74) is 3.63.